The number of rotatable bonds is 1. The molecule has 1 aliphatic rings. The minimum absolute atomic E-state index is 0.0775. The van der Waals surface area contributed by atoms with Gasteiger partial charge in [-0.05, 0) is 25.7 Å². The molecule has 3 nitrogen and oxygen atoms in total. The summed E-state index contributed by atoms with van der Waals surface area (Å²) in [6.45, 7) is 4.24. The van der Waals surface area contributed by atoms with Crippen molar-refractivity contribution in [3.63, 3.8) is 0 Å². The first kappa shape index (κ1) is 11.1. The maximum atomic E-state index is 12.1. The Labute approximate surface area is 96.5 Å². The van der Waals surface area contributed by atoms with Crippen molar-refractivity contribution in [2.45, 2.75) is 25.3 Å². The van der Waals surface area contributed by atoms with E-state index in [2.05, 4.69) is 25.2 Å². The molecule has 1 aromatic carbocycles. The van der Waals surface area contributed by atoms with Crippen LogP contribution in [0.3, 0.4) is 0 Å². The molecule has 0 spiro atoms. The lowest BCUT2D eigenvalue weighted by molar-refractivity contribution is -0.122. The van der Waals surface area contributed by atoms with Crippen molar-refractivity contribution >= 4 is 11.6 Å². The lowest BCUT2D eigenvalue weighted by Gasteiger charge is -2.42. The third kappa shape index (κ3) is 1.52. The van der Waals surface area contributed by atoms with Crippen molar-refractivity contribution in [2.75, 3.05) is 19.4 Å². The highest BCUT2D eigenvalue weighted by Gasteiger charge is 2.43. The number of nitrogens with one attached hydrogen (secondary N) is 1. The summed E-state index contributed by atoms with van der Waals surface area (Å²) in [7, 11) is 3.89. The lowest BCUT2D eigenvalue weighted by atomic mass is 9.73. The van der Waals surface area contributed by atoms with Gasteiger partial charge in [-0.3, -0.25) is 9.69 Å². The van der Waals surface area contributed by atoms with Crippen LogP contribution in [-0.4, -0.2) is 30.9 Å². The molecule has 0 fully saturated rings. The molecule has 0 aliphatic carbocycles. The molecule has 0 bridgehead atoms. The summed E-state index contributed by atoms with van der Waals surface area (Å²) >= 11 is 0. The largest absolute Gasteiger partial charge is 0.324 e. The van der Waals surface area contributed by atoms with Crippen molar-refractivity contribution < 1.29 is 4.79 Å². The van der Waals surface area contributed by atoms with E-state index in [1.807, 2.05) is 37.2 Å². The van der Waals surface area contributed by atoms with E-state index in [9.17, 15) is 4.79 Å². The van der Waals surface area contributed by atoms with E-state index in [1.165, 1.54) is 5.56 Å². The zero-order valence-electron chi connectivity index (χ0n) is 10.2. The molecular weight excluding hydrogens is 200 g/mol. The van der Waals surface area contributed by atoms with E-state index in [-0.39, 0.29) is 17.4 Å². The van der Waals surface area contributed by atoms with Crippen LogP contribution in [0.2, 0.25) is 0 Å². The number of hydrogen-bond donors (Lipinski definition) is 1. The van der Waals surface area contributed by atoms with Crippen LogP contribution in [0.1, 0.15) is 19.4 Å². The van der Waals surface area contributed by atoms with Gasteiger partial charge in [0.1, 0.15) is 0 Å². The number of likely N-dealkylation sites (N-methyl/N-ethyl adjacent to an activating group) is 1. The maximum absolute atomic E-state index is 12.1. The number of benzene rings is 1. The Bertz CT molecular complexity index is 424. The van der Waals surface area contributed by atoms with Gasteiger partial charge in [0, 0.05) is 11.1 Å². The van der Waals surface area contributed by atoms with E-state index in [0.717, 1.165) is 5.69 Å². The Morgan fingerprint density at radius 2 is 1.88 bits per heavy atom. The number of hydrogen-bond acceptors (Lipinski definition) is 2. The highest BCUT2D eigenvalue weighted by molar-refractivity contribution is 5.99. The topological polar surface area (TPSA) is 32.3 Å². The van der Waals surface area contributed by atoms with Crippen molar-refractivity contribution in [3.8, 4) is 0 Å². The molecule has 1 atom stereocenters. The fourth-order valence-corrected chi connectivity index (χ4v) is 2.71. The van der Waals surface area contributed by atoms with E-state index in [1.54, 1.807) is 0 Å². The highest BCUT2D eigenvalue weighted by Crippen LogP contribution is 2.38. The van der Waals surface area contributed by atoms with Crippen LogP contribution >= 0.6 is 0 Å². The summed E-state index contributed by atoms with van der Waals surface area (Å²) in [5, 5.41) is 2.97. The standard InChI is InChI=1S/C13H18N2O/c1-13(2)9-7-5-6-8-10(9)14-12(16)11(13)15(3)4/h5-8,11H,1-4H3,(H,14,16). The quantitative estimate of drug-likeness (QED) is 0.780. The second-order valence-electron chi connectivity index (χ2n) is 5.12. The van der Waals surface area contributed by atoms with Gasteiger partial charge in [0.25, 0.3) is 0 Å². The van der Waals surface area contributed by atoms with E-state index >= 15 is 0 Å². The second-order valence-corrected chi connectivity index (χ2v) is 5.12. The molecule has 3 heteroatoms. The van der Waals surface area contributed by atoms with Gasteiger partial charge >= 0.3 is 0 Å². The van der Waals surface area contributed by atoms with Crippen LogP contribution in [0.15, 0.2) is 24.3 Å². The van der Waals surface area contributed by atoms with Gasteiger partial charge in [0.15, 0.2) is 0 Å². The third-order valence-corrected chi connectivity index (χ3v) is 3.33. The minimum atomic E-state index is -0.164. The van der Waals surface area contributed by atoms with Gasteiger partial charge in [-0.2, -0.15) is 0 Å². The first-order chi connectivity index (χ1) is 7.44. The molecule has 86 valence electrons. The normalized spacial score (nSPS) is 22.8. The number of carbonyl (C=O) groups excluding carboxylic acids is 1. The number of carbonyl (C=O) groups is 1. The summed E-state index contributed by atoms with van der Waals surface area (Å²) in [5.41, 5.74) is 1.98. The van der Waals surface area contributed by atoms with Gasteiger partial charge in [-0.15, -0.1) is 0 Å². The average molecular weight is 218 g/mol. The van der Waals surface area contributed by atoms with Crippen molar-refractivity contribution in [3.05, 3.63) is 29.8 Å². The molecular formula is C13H18N2O. The fourth-order valence-electron chi connectivity index (χ4n) is 2.71. The van der Waals surface area contributed by atoms with Gasteiger partial charge < -0.3 is 5.32 Å². The van der Waals surface area contributed by atoms with E-state index in [4.69, 9.17) is 0 Å². The molecule has 16 heavy (non-hydrogen) atoms. The third-order valence-electron chi connectivity index (χ3n) is 3.33. The molecule has 1 amide bonds. The average Bonchev–Trinajstić information content (AvgIpc) is 2.15. The maximum Gasteiger partial charge on any atom is 0.242 e. The predicted molar refractivity (Wildman–Crippen MR) is 65.6 cm³/mol. The number of para-hydroxylation sites is 1. The summed E-state index contributed by atoms with van der Waals surface area (Å²) in [5.74, 6) is 0.0775. The Kier molecular flexibility index (Phi) is 2.50. The second kappa shape index (κ2) is 3.59. The summed E-state index contributed by atoms with van der Waals surface area (Å²) in [4.78, 5) is 14.0. The highest BCUT2D eigenvalue weighted by atomic mass is 16.2. The van der Waals surface area contributed by atoms with Gasteiger partial charge in [0.05, 0.1) is 6.04 Å². The Morgan fingerprint density at radius 3 is 2.50 bits per heavy atom. The summed E-state index contributed by atoms with van der Waals surface area (Å²) in [6.07, 6.45) is 0. The van der Waals surface area contributed by atoms with E-state index < -0.39 is 0 Å². The molecule has 1 N–H and O–H groups in total. The first-order valence-corrected chi connectivity index (χ1v) is 5.51. The van der Waals surface area contributed by atoms with Crippen molar-refractivity contribution in [2.24, 2.45) is 0 Å². The van der Waals surface area contributed by atoms with Crippen LogP contribution < -0.4 is 5.32 Å². The summed E-state index contributed by atoms with van der Waals surface area (Å²) < 4.78 is 0. The number of amides is 1. The van der Waals surface area contributed by atoms with Gasteiger partial charge in [-0.25, -0.2) is 0 Å². The number of nitrogens with zero attached hydrogens (tertiary/aromatic N) is 1. The zero-order valence-corrected chi connectivity index (χ0v) is 10.2. The molecule has 0 aromatic heterocycles. The molecule has 2 rings (SSSR count). The molecule has 1 aliphatic heterocycles. The van der Waals surface area contributed by atoms with Crippen LogP contribution in [0.5, 0.6) is 0 Å². The molecule has 1 unspecified atom stereocenters. The van der Waals surface area contributed by atoms with Crippen LogP contribution in [0, 0.1) is 0 Å². The van der Waals surface area contributed by atoms with Crippen molar-refractivity contribution in [1.82, 2.24) is 4.90 Å². The Hall–Kier alpha value is -1.35. The fraction of sp³-hybridized carbons (Fsp3) is 0.462. The molecule has 1 aromatic rings. The first-order valence-electron chi connectivity index (χ1n) is 5.51. The Balaban J connectivity index is 2.55. The minimum Gasteiger partial charge on any atom is -0.324 e. The monoisotopic (exact) mass is 218 g/mol. The number of anilines is 1. The Morgan fingerprint density at radius 1 is 1.25 bits per heavy atom. The van der Waals surface area contributed by atoms with Crippen LogP contribution in [-0.2, 0) is 10.2 Å². The zero-order chi connectivity index (χ0) is 11.9. The van der Waals surface area contributed by atoms with Gasteiger partial charge in [0.2, 0.25) is 5.91 Å². The van der Waals surface area contributed by atoms with Crippen LogP contribution in [0.4, 0.5) is 5.69 Å². The van der Waals surface area contributed by atoms with Gasteiger partial charge in [-0.1, -0.05) is 32.0 Å². The van der Waals surface area contributed by atoms with Crippen molar-refractivity contribution in [1.29, 1.82) is 0 Å². The molecule has 0 saturated carbocycles. The molecule has 0 radical (unpaired) electrons. The summed E-state index contributed by atoms with van der Waals surface area (Å²) in [6, 6.07) is 7.89. The van der Waals surface area contributed by atoms with E-state index in [0.29, 0.717) is 0 Å². The number of fused-ring (bicyclic) bond motifs is 1. The lowest BCUT2D eigenvalue weighted by Crippen LogP contribution is -2.54. The SMILES string of the molecule is CN(C)C1C(=O)Nc2ccccc2C1(C)C. The van der Waals surface area contributed by atoms with Crippen LogP contribution in [0.25, 0.3) is 0 Å². The smallest absolute Gasteiger partial charge is 0.242 e. The molecule has 0 saturated heterocycles. The predicted octanol–water partition coefficient (Wildman–Crippen LogP) is 1.85. The molecule has 1 heterocycles.